The number of Topliss-reactive ketones (excluding diaryl/α,β-unsaturated/α-hetero) is 1. The topological polar surface area (TPSA) is 48.4 Å². The standard InChI is InChI=1S/C15H21NO3/c1-5-18-13-6-12(7-16-8-13)15(17)14-9(2)10(3)19-11(14)4/h6-11,14H,5H2,1-4H3. The van der Waals surface area contributed by atoms with E-state index in [1.165, 1.54) is 0 Å². The van der Waals surface area contributed by atoms with Crippen LogP contribution in [-0.2, 0) is 4.74 Å². The molecule has 0 aromatic carbocycles. The van der Waals surface area contributed by atoms with Gasteiger partial charge in [-0.05, 0) is 32.8 Å². The highest BCUT2D eigenvalue weighted by Crippen LogP contribution is 2.34. The molecule has 4 nitrogen and oxygen atoms in total. The Morgan fingerprint density at radius 1 is 1.32 bits per heavy atom. The third-order valence-electron chi connectivity index (χ3n) is 3.85. The average Bonchev–Trinajstić information content (AvgIpc) is 2.63. The van der Waals surface area contributed by atoms with Crippen LogP contribution < -0.4 is 4.74 Å². The fraction of sp³-hybridized carbons (Fsp3) is 0.600. The summed E-state index contributed by atoms with van der Waals surface area (Å²) in [4.78, 5) is 16.7. The van der Waals surface area contributed by atoms with Gasteiger partial charge in [-0.3, -0.25) is 9.78 Å². The van der Waals surface area contributed by atoms with Gasteiger partial charge in [-0.2, -0.15) is 0 Å². The smallest absolute Gasteiger partial charge is 0.170 e. The molecule has 0 N–H and O–H groups in total. The molecule has 19 heavy (non-hydrogen) atoms. The second-order valence-electron chi connectivity index (χ2n) is 5.14. The second-order valence-corrected chi connectivity index (χ2v) is 5.14. The molecule has 1 fully saturated rings. The van der Waals surface area contributed by atoms with E-state index in [0.29, 0.717) is 17.9 Å². The van der Waals surface area contributed by atoms with E-state index in [2.05, 4.69) is 11.9 Å². The van der Waals surface area contributed by atoms with Gasteiger partial charge < -0.3 is 9.47 Å². The van der Waals surface area contributed by atoms with E-state index in [4.69, 9.17) is 9.47 Å². The zero-order valence-corrected chi connectivity index (χ0v) is 11.9. The highest BCUT2D eigenvalue weighted by atomic mass is 16.5. The number of ketones is 1. The number of carbonyl (C=O) groups is 1. The Balaban J connectivity index is 2.22. The number of nitrogens with zero attached hydrogens (tertiary/aromatic N) is 1. The fourth-order valence-corrected chi connectivity index (χ4v) is 2.71. The normalized spacial score (nSPS) is 30.3. The molecule has 0 saturated carbocycles. The largest absolute Gasteiger partial charge is 0.492 e. The Morgan fingerprint density at radius 2 is 2.05 bits per heavy atom. The number of hydrogen-bond acceptors (Lipinski definition) is 4. The molecule has 4 unspecified atom stereocenters. The molecule has 1 saturated heterocycles. The molecule has 0 radical (unpaired) electrons. The number of aromatic nitrogens is 1. The molecule has 0 bridgehead atoms. The van der Waals surface area contributed by atoms with Crippen LogP contribution >= 0.6 is 0 Å². The van der Waals surface area contributed by atoms with Gasteiger partial charge in [0.05, 0.1) is 30.9 Å². The molecule has 4 heteroatoms. The Bertz CT molecular complexity index is 460. The van der Waals surface area contributed by atoms with Crippen LogP contribution in [0.2, 0.25) is 0 Å². The van der Waals surface area contributed by atoms with E-state index in [0.717, 1.165) is 0 Å². The van der Waals surface area contributed by atoms with Crippen molar-refractivity contribution in [2.45, 2.75) is 39.9 Å². The van der Waals surface area contributed by atoms with Crippen LogP contribution in [0.3, 0.4) is 0 Å². The first-order valence-electron chi connectivity index (χ1n) is 6.82. The minimum atomic E-state index is -0.103. The summed E-state index contributed by atoms with van der Waals surface area (Å²) >= 11 is 0. The lowest BCUT2D eigenvalue weighted by atomic mass is 9.84. The quantitative estimate of drug-likeness (QED) is 0.784. The molecule has 4 atom stereocenters. The van der Waals surface area contributed by atoms with E-state index in [1.807, 2.05) is 20.8 Å². The summed E-state index contributed by atoms with van der Waals surface area (Å²) in [5, 5.41) is 0. The van der Waals surface area contributed by atoms with E-state index in [1.54, 1.807) is 18.5 Å². The second kappa shape index (κ2) is 5.70. The van der Waals surface area contributed by atoms with Gasteiger partial charge in [-0.25, -0.2) is 0 Å². The van der Waals surface area contributed by atoms with Crippen molar-refractivity contribution in [2.24, 2.45) is 11.8 Å². The van der Waals surface area contributed by atoms with E-state index < -0.39 is 0 Å². The molecular formula is C15H21NO3. The molecule has 0 amide bonds. The van der Waals surface area contributed by atoms with Crippen molar-refractivity contribution < 1.29 is 14.3 Å². The van der Waals surface area contributed by atoms with Crippen molar-refractivity contribution in [2.75, 3.05) is 6.61 Å². The van der Waals surface area contributed by atoms with Gasteiger partial charge >= 0.3 is 0 Å². The summed E-state index contributed by atoms with van der Waals surface area (Å²) < 4.78 is 11.1. The van der Waals surface area contributed by atoms with Crippen LogP contribution in [0.1, 0.15) is 38.1 Å². The Hall–Kier alpha value is -1.42. The van der Waals surface area contributed by atoms with Crippen molar-refractivity contribution in [3.8, 4) is 5.75 Å². The lowest BCUT2D eigenvalue weighted by Crippen LogP contribution is -2.27. The third kappa shape index (κ3) is 2.78. The molecule has 1 aromatic heterocycles. The van der Waals surface area contributed by atoms with Gasteiger partial charge in [0.15, 0.2) is 5.78 Å². The molecule has 104 valence electrons. The number of carbonyl (C=O) groups excluding carboxylic acids is 1. The monoisotopic (exact) mass is 263 g/mol. The molecule has 2 heterocycles. The van der Waals surface area contributed by atoms with Crippen LogP contribution in [0, 0.1) is 11.8 Å². The van der Waals surface area contributed by atoms with Gasteiger partial charge in [0.1, 0.15) is 5.75 Å². The van der Waals surface area contributed by atoms with E-state index in [9.17, 15) is 4.79 Å². The van der Waals surface area contributed by atoms with Crippen LogP contribution in [0.4, 0.5) is 0 Å². The Labute approximate surface area is 114 Å². The van der Waals surface area contributed by atoms with Gasteiger partial charge in [0.2, 0.25) is 0 Å². The highest BCUT2D eigenvalue weighted by molar-refractivity contribution is 5.98. The van der Waals surface area contributed by atoms with Gasteiger partial charge in [0, 0.05) is 11.8 Å². The molecule has 1 aliphatic rings. The maximum absolute atomic E-state index is 12.6. The third-order valence-corrected chi connectivity index (χ3v) is 3.85. The van der Waals surface area contributed by atoms with Crippen LogP contribution in [0.15, 0.2) is 18.5 Å². The summed E-state index contributed by atoms with van der Waals surface area (Å²) in [6, 6.07) is 1.77. The number of pyridine rings is 1. The average molecular weight is 263 g/mol. The summed E-state index contributed by atoms with van der Waals surface area (Å²) in [7, 11) is 0. The molecule has 1 aromatic rings. The maximum Gasteiger partial charge on any atom is 0.170 e. The van der Waals surface area contributed by atoms with Crippen LogP contribution in [0.25, 0.3) is 0 Å². The van der Waals surface area contributed by atoms with Gasteiger partial charge in [0.25, 0.3) is 0 Å². The first kappa shape index (κ1) is 14.0. The molecular weight excluding hydrogens is 242 g/mol. The van der Waals surface area contributed by atoms with Crippen molar-refractivity contribution in [1.29, 1.82) is 0 Å². The van der Waals surface area contributed by atoms with Crippen molar-refractivity contribution in [1.82, 2.24) is 4.98 Å². The van der Waals surface area contributed by atoms with E-state index >= 15 is 0 Å². The number of ether oxygens (including phenoxy) is 2. The zero-order chi connectivity index (χ0) is 14.0. The van der Waals surface area contributed by atoms with Crippen molar-refractivity contribution >= 4 is 5.78 Å². The van der Waals surface area contributed by atoms with Crippen LogP contribution in [-0.4, -0.2) is 29.6 Å². The molecule has 0 aliphatic carbocycles. The summed E-state index contributed by atoms with van der Waals surface area (Å²) in [6.07, 6.45) is 3.30. The van der Waals surface area contributed by atoms with Crippen molar-refractivity contribution in [3.63, 3.8) is 0 Å². The predicted octanol–water partition coefficient (Wildman–Crippen LogP) is 2.72. The van der Waals surface area contributed by atoms with Crippen LogP contribution in [0.5, 0.6) is 5.75 Å². The lowest BCUT2D eigenvalue weighted by Gasteiger charge is -2.17. The molecule has 0 spiro atoms. The number of rotatable bonds is 4. The zero-order valence-electron chi connectivity index (χ0n) is 11.9. The Kier molecular flexibility index (Phi) is 4.20. The van der Waals surface area contributed by atoms with E-state index in [-0.39, 0.29) is 29.8 Å². The lowest BCUT2D eigenvalue weighted by molar-refractivity contribution is 0.0491. The Morgan fingerprint density at radius 3 is 2.63 bits per heavy atom. The maximum atomic E-state index is 12.6. The van der Waals surface area contributed by atoms with Gasteiger partial charge in [-0.15, -0.1) is 0 Å². The van der Waals surface area contributed by atoms with Crippen molar-refractivity contribution in [3.05, 3.63) is 24.0 Å². The SMILES string of the molecule is CCOc1cncc(C(=O)C2C(C)OC(C)C2C)c1. The number of hydrogen-bond donors (Lipinski definition) is 0. The minimum absolute atomic E-state index is 0.0479. The highest BCUT2D eigenvalue weighted by Gasteiger charge is 2.41. The predicted molar refractivity (Wildman–Crippen MR) is 72.4 cm³/mol. The molecule has 2 rings (SSSR count). The first-order chi connectivity index (χ1) is 9.04. The summed E-state index contributed by atoms with van der Waals surface area (Å²) in [5.41, 5.74) is 0.604. The van der Waals surface area contributed by atoms with Gasteiger partial charge in [-0.1, -0.05) is 6.92 Å². The molecule has 1 aliphatic heterocycles. The fourth-order valence-electron chi connectivity index (χ4n) is 2.71. The summed E-state index contributed by atoms with van der Waals surface area (Å²) in [5.74, 6) is 0.853. The summed E-state index contributed by atoms with van der Waals surface area (Å²) in [6.45, 7) is 8.52. The first-order valence-corrected chi connectivity index (χ1v) is 6.82. The minimum Gasteiger partial charge on any atom is -0.492 e.